The Morgan fingerprint density at radius 3 is 2.68 bits per heavy atom. The van der Waals surface area contributed by atoms with Gasteiger partial charge in [0.1, 0.15) is 5.82 Å². The quantitative estimate of drug-likeness (QED) is 0.807. The van der Waals surface area contributed by atoms with Crippen molar-refractivity contribution in [3.8, 4) is 0 Å². The van der Waals surface area contributed by atoms with Crippen LogP contribution in [0.4, 0.5) is 15.8 Å². The lowest BCUT2D eigenvalue weighted by molar-refractivity contribution is 0.102. The molecule has 0 saturated heterocycles. The van der Waals surface area contributed by atoms with Gasteiger partial charge in [-0.05, 0) is 36.4 Å². The van der Waals surface area contributed by atoms with E-state index in [0.29, 0.717) is 15.2 Å². The summed E-state index contributed by atoms with van der Waals surface area (Å²) in [4.78, 5) is 12.0. The van der Waals surface area contributed by atoms with Crippen LogP contribution in [0.25, 0.3) is 0 Å². The minimum absolute atomic E-state index is 0.0814. The van der Waals surface area contributed by atoms with Crippen LogP contribution in [0.3, 0.4) is 0 Å². The average molecular weight is 344 g/mol. The molecule has 3 N–H and O–H groups in total. The van der Waals surface area contributed by atoms with Crippen molar-refractivity contribution in [2.75, 3.05) is 11.1 Å². The van der Waals surface area contributed by atoms with Crippen LogP contribution in [-0.4, -0.2) is 5.91 Å². The number of hydrogen-bond acceptors (Lipinski definition) is 2. The summed E-state index contributed by atoms with van der Waals surface area (Å²) >= 11 is 9.02. The summed E-state index contributed by atoms with van der Waals surface area (Å²) in [5.74, 6) is -1.00. The Morgan fingerprint density at radius 1 is 1.26 bits per heavy atom. The lowest BCUT2D eigenvalue weighted by Crippen LogP contribution is -2.13. The monoisotopic (exact) mass is 342 g/mol. The molecule has 6 heteroatoms. The highest BCUT2D eigenvalue weighted by atomic mass is 79.9. The molecule has 0 aliphatic carbocycles. The fourth-order valence-electron chi connectivity index (χ4n) is 1.53. The largest absolute Gasteiger partial charge is 0.399 e. The zero-order valence-corrected chi connectivity index (χ0v) is 11.9. The molecule has 0 radical (unpaired) electrons. The number of rotatable bonds is 2. The van der Waals surface area contributed by atoms with Crippen molar-refractivity contribution in [2.45, 2.75) is 0 Å². The number of carbonyl (C=O) groups is 1. The summed E-state index contributed by atoms with van der Waals surface area (Å²) in [6, 6.07) is 8.73. The molecule has 0 fully saturated rings. The van der Waals surface area contributed by atoms with Gasteiger partial charge in [0.05, 0.1) is 5.69 Å². The van der Waals surface area contributed by atoms with Crippen molar-refractivity contribution in [1.29, 1.82) is 0 Å². The van der Waals surface area contributed by atoms with Gasteiger partial charge in [-0.2, -0.15) is 0 Å². The molecule has 0 unspecified atom stereocenters. The van der Waals surface area contributed by atoms with Gasteiger partial charge in [0, 0.05) is 20.7 Å². The minimum Gasteiger partial charge on any atom is -0.399 e. The predicted molar refractivity (Wildman–Crippen MR) is 77.9 cm³/mol. The molecular weight excluding hydrogens is 335 g/mol. The number of amides is 1. The Kier molecular flexibility index (Phi) is 4.07. The van der Waals surface area contributed by atoms with E-state index < -0.39 is 11.7 Å². The van der Waals surface area contributed by atoms with Gasteiger partial charge in [0.25, 0.3) is 5.91 Å². The minimum atomic E-state index is -0.522. The number of nitrogens with one attached hydrogen (secondary N) is 1. The van der Waals surface area contributed by atoms with Gasteiger partial charge in [0.2, 0.25) is 0 Å². The highest BCUT2D eigenvalue weighted by Crippen LogP contribution is 2.22. The van der Waals surface area contributed by atoms with Crippen molar-refractivity contribution in [1.82, 2.24) is 0 Å². The second-order valence-corrected chi connectivity index (χ2v) is 5.20. The second kappa shape index (κ2) is 5.59. The molecule has 19 heavy (non-hydrogen) atoms. The van der Waals surface area contributed by atoms with Crippen molar-refractivity contribution >= 4 is 44.8 Å². The van der Waals surface area contributed by atoms with E-state index in [1.165, 1.54) is 30.3 Å². The molecule has 2 rings (SSSR count). The first-order valence-electron chi connectivity index (χ1n) is 5.28. The summed E-state index contributed by atoms with van der Waals surface area (Å²) in [7, 11) is 0. The van der Waals surface area contributed by atoms with Crippen LogP contribution in [0.15, 0.2) is 40.9 Å². The number of hydrogen-bond donors (Lipinski definition) is 2. The first kappa shape index (κ1) is 13.8. The molecule has 0 aliphatic heterocycles. The standard InChI is InChI=1S/C13H9BrClFN2O/c14-8-1-2-11(16)12(5-8)18-13(19)7-3-9(15)6-10(17)4-7/h1-6H,17H2,(H,18,19). The van der Waals surface area contributed by atoms with Crippen LogP contribution in [0, 0.1) is 5.82 Å². The van der Waals surface area contributed by atoms with Crippen LogP contribution in [-0.2, 0) is 0 Å². The van der Waals surface area contributed by atoms with Crippen LogP contribution >= 0.6 is 27.5 Å². The van der Waals surface area contributed by atoms with Gasteiger partial charge in [-0.15, -0.1) is 0 Å². The third-order valence-electron chi connectivity index (χ3n) is 2.36. The van der Waals surface area contributed by atoms with E-state index in [0.717, 1.165) is 0 Å². The molecule has 2 aromatic carbocycles. The fourth-order valence-corrected chi connectivity index (χ4v) is 2.14. The molecule has 98 valence electrons. The normalized spacial score (nSPS) is 10.3. The molecule has 0 saturated carbocycles. The first-order chi connectivity index (χ1) is 8.95. The Balaban J connectivity index is 2.28. The number of anilines is 2. The molecule has 0 heterocycles. The molecule has 0 spiro atoms. The number of nitrogen functional groups attached to an aromatic ring is 1. The lowest BCUT2D eigenvalue weighted by Gasteiger charge is -2.08. The van der Waals surface area contributed by atoms with Crippen LogP contribution in [0.1, 0.15) is 10.4 Å². The molecule has 2 aromatic rings. The van der Waals surface area contributed by atoms with E-state index in [9.17, 15) is 9.18 Å². The second-order valence-electron chi connectivity index (χ2n) is 3.85. The van der Waals surface area contributed by atoms with Crippen LogP contribution in [0.2, 0.25) is 5.02 Å². The summed E-state index contributed by atoms with van der Waals surface area (Å²) in [5.41, 5.74) is 6.32. The predicted octanol–water partition coefficient (Wildman–Crippen LogP) is 4.08. The van der Waals surface area contributed by atoms with Crippen molar-refractivity contribution in [3.05, 3.63) is 57.3 Å². The third kappa shape index (κ3) is 3.45. The van der Waals surface area contributed by atoms with Crippen molar-refractivity contribution < 1.29 is 9.18 Å². The number of nitrogens with two attached hydrogens (primary N) is 1. The van der Waals surface area contributed by atoms with E-state index in [-0.39, 0.29) is 11.3 Å². The van der Waals surface area contributed by atoms with Gasteiger partial charge >= 0.3 is 0 Å². The fraction of sp³-hybridized carbons (Fsp3) is 0. The van der Waals surface area contributed by atoms with Gasteiger partial charge in [-0.1, -0.05) is 27.5 Å². The number of benzene rings is 2. The molecule has 3 nitrogen and oxygen atoms in total. The lowest BCUT2D eigenvalue weighted by atomic mass is 10.2. The molecular formula is C13H9BrClFN2O. The smallest absolute Gasteiger partial charge is 0.255 e. The summed E-state index contributed by atoms with van der Waals surface area (Å²) in [6.45, 7) is 0. The van der Waals surface area contributed by atoms with E-state index in [1.54, 1.807) is 6.07 Å². The molecule has 0 bridgehead atoms. The Bertz CT molecular complexity index is 628. The maximum atomic E-state index is 13.5. The third-order valence-corrected chi connectivity index (χ3v) is 3.07. The molecule has 0 atom stereocenters. The van der Waals surface area contributed by atoms with Crippen molar-refractivity contribution in [3.63, 3.8) is 0 Å². The number of halogens is 3. The Labute approximate surface area is 122 Å². The maximum Gasteiger partial charge on any atom is 0.255 e. The molecule has 0 aliphatic rings. The maximum absolute atomic E-state index is 13.5. The number of carbonyl (C=O) groups excluding carboxylic acids is 1. The highest BCUT2D eigenvalue weighted by Gasteiger charge is 2.11. The van der Waals surface area contributed by atoms with Gasteiger partial charge in [-0.3, -0.25) is 4.79 Å². The Hall–Kier alpha value is -1.59. The van der Waals surface area contributed by atoms with Gasteiger partial charge in [0.15, 0.2) is 0 Å². The van der Waals surface area contributed by atoms with Crippen LogP contribution in [0.5, 0.6) is 0 Å². The van der Waals surface area contributed by atoms with E-state index in [1.807, 2.05) is 0 Å². The Morgan fingerprint density at radius 2 is 2.00 bits per heavy atom. The van der Waals surface area contributed by atoms with Gasteiger partial charge in [-0.25, -0.2) is 4.39 Å². The molecule has 0 aromatic heterocycles. The van der Waals surface area contributed by atoms with Gasteiger partial charge < -0.3 is 11.1 Å². The zero-order valence-electron chi connectivity index (χ0n) is 9.58. The first-order valence-corrected chi connectivity index (χ1v) is 6.45. The summed E-state index contributed by atoms with van der Waals surface area (Å²) < 4.78 is 14.2. The van der Waals surface area contributed by atoms with Crippen molar-refractivity contribution in [2.24, 2.45) is 0 Å². The SMILES string of the molecule is Nc1cc(Cl)cc(C(=O)Nc2cc(Br)ccc2F)c1. The van der Waals surface area contributed by atoms with E-state index in [2.05, 4.69) is 21.2 Å². The zero-order chi connectivity index (χ0) is 14.0. The average Bonchev–Trinajstić information content (AvgIpc) is 2.32. The topological polar surface area (TPSA) is 55.1 Å². The van der Waals surface area contributed by atoms with Crippen LogP contribution < -0.4 is 11.1 Å². The van der Waals surface area contributed by atoms with E-state index in [4.69, 9.17) is 17.3 Å². The highest BCUT2D eigenvalue weighted by molar-refractivity contribution is 9.10. The van der Waals surface area contributed by atoms with E-state index >= 15 is 0 Å². The summed E-state index contributed by atoms with van der Waals surface area (Å²) in [5, 5.41) is 2.81. The summed E-state index contributed by atoms with van der Waals surface area (Å²) in [6.07, 6.45) is 0. The molecule has 1 amide bonds.